The third-order valence-electron chi connectivity index (χ3n) is 3.92. The van der Waals surface area contributed by atoms with Gasteiger partial charge >= 0.3 is 0 Å². The second-order valence-corrected chi connectivity index (χ2v) is 5.43. The molecule has 0 unspecified atom stereocenters. The van der Waals surface area contributed by atoms with Crippen LogP contribution in [-0.2, 0) is 0 Å². The smallest absolute Gasteiger partial charge is 0.167 e. The van der Waals surface area contributed by atoms with Crippen LogP contribution >= 0.6 is 0 Å². The van der Waals surface area contributed by atoms with Crippen LogP contribution in [0.25, 0.3) is 0 Å². The van der Waals surface area contributed by atoms with Crippen molar-refractivity contribution in [2.24, 2.45) is 0 Å². The van der Waals surface area contributed by atoms with Crippen LogP contribution in [0.5, 0.6) is 5.75 Å². The molecule has 112 valence electrons. The number of ether oxygens (including phenoxy) is 1. The highest BCUT2D eigenvalue weighted by atomic mass is 19.1. The summed E-state index contributed by atoms with van der Waals surface area (Å²) in [7, 11) is 0. The molecule has 4 nitrogen and oxygen atoms in total. The van der Waals surface area contributed by atoms with Crippen molar-refractivity contribution in [1.29, 1.82) is 0 Å². The van der Waals surface area contributed by atoms with Gasteiger partial charge in [-0.25, -0.2) is 4.39 Å². The van der Waals surface area contributed by atoms with E-state index in [-0.39, 0.29) is 17.9 Å². The summed E-state index contributed by atoms with van der Waals surface area (Å²) in [5.74, 6) is -0.273. The molecule has 4 N–H and O–H groups in total. The lowest BCUT2D eigenvalue weighted by Gasteiger charge is -2.37. The minimum Gasteiger partial charge on any atom is -0.491 e. The lowest BCUT2D eigenvalue weighted by Crippen LogP contribution is -2.44. The van der Waals surface area contributed by atoms with Crippen molar-refractivity contribution < 1.29 is 14.2 Å². The van der Waals surface area contributed by atoms with Crippen LogP contribution in [0.3, 0.4) is 0 Å². The number of rotatable bonds is 5. The molecule has 0 heterocycles. The molecule has 0 spiro atoms. The molecule has 0 atom stereocenters. The standard InChI is InChI=1S/C15H23FN2O2/c1-2-20-14-9-13(12(17)8-11(14)16)18-15(10-19)6-4-3-5-7-15/h8-9,18-19H,2-7,10,17H2,1H3. The SMILES string of the molecule is CCOc1cc(NC2(CO)CCCCC2)c(N)cc1F. The van der Waals surface area contributed by atoms with Crippen molar-refractivity contribution >= 4 is 11.4 Å². The fourth-order valence-corrected chi connectivity index (χ4v) is 2.78. The van der Waals surface area contributed by atoms with E-state index >= 15 is 0 Å². The van der Waals surface area contributed by atoms with Crippen molar-refractivity contribution in [3.8, 4) is 5.75 Å². The molecule has 1 aromatic rings. The van der Waals surface area contributed by atoms with Crippen LogP contribution in [0.4, 0.5) is 15.8 Å². The molecule has 0 aromatic heterocycles. The maximum atomic E-state index is 13.7. The minimum atomic E-state index is -0.461. The van der Waals surface area contributed by atoms with Gasteiger partial charge in [0.25, 0.3) is 0 Å². The van der Waals surface area contributed by atoms with E-state index in [4.69, 9.17) is 10.5 Å². The van der Waals surface area contributed by atoms with E-state index in [9.17, 15) is 9.50 Å². The Morgan fingerprint density at radius 2 is 2.05 bits per heavy atom. The van der Waals surface area contributed by atoms with Crippen molar-refractivity contribution in [3.05, 3.63) is 17.9 Å². The number of aliphatic hydroxyl groups excluding tert-OH is 1. The number of hydrogen-bond donors (Lipinski definition) is 3. The van der Waals surface area contributed by atoms with Crippen LogP contribution in [0.1, 0.15) is 39.0 Å². The molecule has 5 heteroatoms. The first-order valence-corrected chi connectivity index (χ1v) is 7.21. The highest BCUT2D eigenvalue weighted by Gasteiger charge is 2.31. The first-order chi connectivity index (χ1) is 9.60. The number of nitrogen functional groups attached to an aromatic ring is 1. The Kier molecular flexibility index (Phi) is 4.70. The summed E-state index contributed by atoms with van der Waals surface area (Å²) in [5, 5.41) is 13.0. The number of hydrogen-bond acceptors (Lipinski definition) is 4. The summed E-state index contributed by atoms with van der Waals surface area (Å²) in [6, 6.07) is 2.85. The average Bonchev–Trinajstić information content (AvgIpc) is 2.45. The molecule has 0 saturated heterocycles. The first kappa shape index (κ1) is 14.9. The van der Waals surface area contributed by atoms with E-state index < -0.39 is 5.82 Å². The van der Waals surface area contributed by atoms with Crippen LogP contribution < -0.4 is 15.8 Å². The number of anilines is 2. The molecule has 0 bridgehead atoms. The molecule has 1 aromatic carbocycles. The van der Waals surface area contributed by atoms with Crippen LogP contribution in [0.15, 0.2) is 12.1 Å². The normalized spacial score (nSPS) is 17.8. The van der Waals surface area contributed by atoms with Gasteiger partial charge in [-0.3, -0.25) is 0 Å². The first-order valence-electron chi connectivity index (χ1n) is 7.21. The van der Waals surface area contributed by atoms with Gasteiger partial charge in [0, 0.05) is 12.1 Å². The van der Waals surface area contributed by atoms with Crippen LogP contribution in [-0.4, -0.2) is 23.9 Å². The summed E-state index contributed by atoms with van der Waals surface area (Å²) in [5.41, 5.74) is 6.49. The Morgan fingerprint density at radius 1 is 1.35 bits per heavy atom. The molecule has 1 aliphatic rings. The fourth-order valence-electron chi connectivity index (χ4n) is 2.78. The third kappa shape index (κ3) is 3.15. The minimum absolute atomic E-state index is 0.0494. The van der Waals surface area contributed by atoms with Gasteiger partial charge in [0.05, 0.1) is 30.1 Å². The fraction of sp³-hybridized carbons (Fsp3) is 0.600. The van der Waals surface area contributed by atoms with Gasteiger partial charge in [-0.1, -0.05) is 19.3 Å². The topological polar surface area (TPSA) is 67.5 Å². The number of benzene rings is 1. The molecule has 2 rings (SSSR count). The Morgan fingerprint density at radius 3 is 2.65 bits per heavy atom. The second-order valence-electron chi connectivity index (χ2n) is 5.43. The average molecular weight is 282 g/mol. The molecule has 0 amide bonds. The summed E-state index contributed by atoms with van der Waals surface area (Å²) < 4.78 is 18.9. The van der Waals surface area contributed by atoms with Crippen LogP contribution in [0.2, 0.25) is 0 Å². The molecule has 0 radical (unpaired) electrons. The van der Waals surface area contributed by atoms with E-state index in [2.05, 4.69) is 5.32 Å². The zero-order valence-electron chi connectivity index (χ0n) is 11.9. The van der Waals surface area contributed by atoms with Crippen molar-refractivity contribution in [1.82, 2.24) is 0 Å². The Bertz CT molecular complexity index is 459. The lowest BCUT2D eigenvalue weighted by atomic mass is 9.82. The molecule has 1 fully saturated rings. The molecule has 1 saturated carbocycles. The van der Waals surface area contributed by atoms with Gasteiger partial charge in [0.1, 0.15) is 0 Å². The predicted molar refractivity (Wildman–Crippen MR) is 78.5 cm³/mol. The third-order valence-corrected chi connectivity index (χ3v) is 3.92. The highest BCUT2D eigenvalue weighted by molar-refractivity contribution is 5.69. The second kappa shape index (κ2) is 6.31. The Labute approximate surface area is 119 Å². The van der Waals surface area contributed by atoms with E-state index in [1.807, 2.05) is 0 Å². The van der Waals surface area contributed by atoms with Gasteiger partial charge in [-0.05, 0) is 19.8 Å². The van der Waals surface area contributed by atoms with Crippen molar-refractivity contribution in [3.63, 3.8) is 0 Å². The lowest BCUT2D eigenvalue weighted by molar-refractivity contribution is 0.173. The van der Waals surface area contributed by atoms with Gasteiger partial charge in [0.2, 0.25) is 0 Å². The van der Waals surface area contributed by atoms with E-state index in [0.29, 0.717) is 18.0 Å². The number of nitrogens with two attached hydrogens (primary N) is 1. The molecule has 1 aliphatic carbocycles. The Balaban J connectivity index is 2.25. The number of halogens is 1. The summed E-state index contributed by atoms with van der Waals surface area (Å²) in [6.07, 6.45) is 5.13. The molecular weight excluding hydrogens is 259 g/mol. The number of nitrogens with one attached hydrogen (secondary N) is 1. The largest absolute Gasteiger partial charge is 0.491 e. The monoisotopic (exact) mass is 282 g/mol. The molecule has 0 aliphatic heterocycles. The highest BCUT2D eigenvalue weighted by Crippen LogP contribution is 2.35. The quantitative estimate of drug-likeness (QED) is 0.726. The summed E-state index contributed by atoms with van der Waals surface area (Å²) in [6.45, 7) is 2.25. The zero-order valence-corrected chi connectivity index (χ0v) is 11.9. The van der Waals surface area contributed by atoms with E-state index in [1.165, 1.54) is 12.5 Å². The Hall–Kier alpha value is -1.49. The van der Waals surface area contributed by atoms with Crippen molar-refractivity contribution in [2.45, 2.75) is 44.6 Å². The summed E-state index contributed by atoms with van der Waals surface area (Å²) >= 11 is 0. The summed E-state index contributed by atoms with van der Waals surface area (Å²) in [4.78, 5) is 0. The maximum absolute atomic E-state index is 13.7. The maximum Gasteiger partial charge on any atom is 0.167 e. The van der Waals surface area contributed by atoms with Gasteiger partial charge in [-0.2, -0.15) is 0 Å². The molecular formula is C15H23FN2O2. The van der Waals surface area contributed by atoms with Crippen LogP contribution in [0, 0.1) is 5.82 Å². The molecule has 20 heavy (non-hydrogen) atoms. The van der Waals surface area contributed by atoms with Crippen molar-refractivity contribution in [2.75, 3.05) is 24.3 Å². The van der Waals surface area contributed by atoms with Gasteiger partial charge < -0.3 is 20.9 Å². The van der Waals surface area contributed by atoms with E-state index in [0.717, 1.165) is 25.7 Å². The zero-order chi connectivity index (χ0) is 14.6. The number of aliphatic hydroxyl groups is 1. The van der Waals surface area contributed by atoms with Gasteiger partial charge in [-0.15, -0.1) is 0 Å². The van der Waals surface area contributed by atoms with Gasteiger partial charge in [0.15, 0.2) is 11.6 Å². The predicted octanol–water partition coefficient (Wildman–Crippen LogP) is 2.91. The van der Waals surface area contributed by atoms with E-state index in [1.54, 1.807) is 13.0 Å².